The van der Waals surface area contributed by atoms with Crippen LogP contribution in [0.3, 0.4) is 0 Å². The topological polar surface area (TPSA) is 118 Å². The van der Waals surface area contributed by atoms with E-state index >= 15 is 0 Å². The fourth-order valence-electron chi connectivity index (χ4n) is 9.58. The minimum absolute atomic E-state index is 0.200. The standard InChI is InChI=1S/C60H110N4O8/c1-5-9-11-13-15-17-19-21-23-25-27-29-33-39-57(65)69-53-55(71-59(67)41-35-31-37-43-63-49-45-61(7-3)46-50-63)56(72-60(68)42-36-32-38-44-64-51-47-62(8-4)48-52-64)54-70-58(66)40-34-30-28-26-24-22-20-18-16-14-12-10-6-2/h17-20,55-56H,5-16,21-54H2,1-4H3/b19-17-,20-18-/t55-,56+. The zero-order valence-corrected chi connectivity index (χ0v) is 47.0. The summed E-state index contributed by atoms with van der Waals surface area (Å²) in [5.41, 5.74) is 0. The number of ether oxygens (including phenoxy) is 4. The van der Waals surface area contributed by atoms with Gasteiger partial charge in [0.25, 0.3) is 0 Å². The van der Waals surface area contributed by atoms with Crippen molar-refractivity contribution >= 4 is 23.9 Å². The molecule has 2 heterocycles. The van der Waals surface area contributed by atoms with Crippen LogP contribution in [0, 0.1) is 0 Å². The van der Waals surface area contributed by atoms with Gasteiger partial charge < -0.3 is 38.5 Å². The highest BCUT2D eigenvalue weighted by atomic mass is 16.6. The average Bonchev–Trinajstić information content (AvgIpc) is 3.39. The Bertz CT molecular complexity index is 1280. The molecule has 0 aromatic carbocycles. The fourth-order valence-corrected chi connectivity index (χ4v) is 9.58. The van der Waals surface area contributed by atoms with Gasteiger partial charge in [-0.05, 0) is 116 Å². The third-order valence-electron chi connectivity index (χ3n) is 14.6. The van der Waals surface area contributed by atoms with Gasteiger partial charge in [0.15, 0.2) is 12.2 Å². The van der Waals surface area contributed by atoms with Gasteiger partial charge >= 0.3 is 23.9 Å². The van der Waals surface area contributed by atoms with Crippen LogP contribution in [0.15, 0.2) is 24.3 Å². The predicted octanol–water partition coefficient (Wildman–Crippen LogP) is 12.8. The lowest BCUT2D eigenvalue weighted by Gasteiger charge is -2.34. The summed E-state index contributed by atoms with van der Waals surface area (Å²) < 4.78 is 23.6. The molecule has 0 saturated carbocycles. The van der Waals surface area contributed by atoms with Gasteiger partial charge in [-0.25, -0.2) is 0 Å². The summed E-state index contributed by atoms with van der Waals surface area (Å²) in [4.78, 5) is 63.2. The summed E-state index contributed by atoms with van der Waals surface area (Å²) in [5.74, 6) is -1.63. The van der Waals surface area contributed by atoms with Crippen molar-refractivity contribution in [3.63, 3.8) is 0 Å². The Morgan fingerprint density at radius 1 is 0.347 bits per heavy atom. The van der Waals surface area contributed by atoms with Gasteiger partial charge in [-0.2, -0.15) is 0 Å². The summed E-state index contributed by atoms with van der Waals surface area (Å²) in [7, 11) is 0. The lowest BCUT2D eigenvalue weighted by molar-refractivity contribution is -0.183. The molecule has 12 heteroatoms. The van der Waals surface area contributed by atoms with E-state index in [1.807, 2.05) is 0 Å². The smallest absolute Gasteiger partial charge is 0.306 e. The summed E-state index contributed by atoms with van der Waals surface area (Å²) in [6, 6.07) is 0. The minimum Gasteiger partial charge on any atom is -0.462 e. The second-order valence-electron chi connectivity index (χ2n) is 20.9. The van der Waals surface area contributed by atoms with Crippen molar-refractivity contribution in [1.29, 1.82) is 0 Å². The highest BCUT2D eigenvalue weighted by Crippen LogP contribution is 2.17. The van der Waals surface area contributed by atoms with Gasteiger partial charge in [0.05, 0.1) is 0 Å². The Morgan fingerprint density at radius 2 is 0.625 bits per heavy atom. The number of esters is 4. The molecular weight excluding hydrogens is 905 g/mol. The Balaban J connectivity index is 1.96. The molecule has 2 aliphatic rings. The molecule has 0 radical (unpaired) electrons. The summed E-state index contributed by atoms with van der Waals surface area (Å²) in [6.45, 7) is 21.3. The maximum atomic E-state index is 13.5. The van der Waals surface area contributed by atoms with E-state index in [1.54, 1.807) is 0 Å². The molecule has 0 amide bonds. The molecule has 2 aliphatic heterocycles. The Hall–Kier alpha value is -2.80. The number of nitrogens with zero attached hydrogens (tertiary/aromatic N) is 4. The molecule has 2 saturated heterocycles. The Kier molecular flexibility index (Phi) is 42.4. The number of allylic oxidation sites excluding steroid dienone is 4. The summed E-state index contributed by atoms with van der Waals surface area (Å²) in [6.07, 6.45) is 37.9. The number of hydrogen-bond donors (Lipinski definition) is 0. The second-order valence-corrected chi connectivity index (χ2v) is 20.9. The first-order chi connectivity index (χ1) is 35.3. The SMILES string of the molecule is CCCCCC/C=C\CCCCCCCC(=O)OC[C@H](OC(=O)CCCCCN1CCN(CC)CC1)[C@@H](COC(=O)CCCCCCC/C=C\CCCCCC)OC(=O)CCCCCN1CCN(CC)CC1. The maximum absolute atomic E-state index is 13.5. The van der Waals surface area contributed by atoms with Crippen molar-refractivity contribution in [3.8, 4) is 0 Å². The van der Waals surface area contributed by atoms with Crippen molar-refractivity contribution in [2.24, 2.45) is 0 Å². The first kappa shape index (κ1) is 65.3. The average molecular weight is 1020 g/mol. The number of carbonyl (C=O) groups is 4. The first-order valence-electron chi connectivity index (χ1n) is 30.2. The van der Waals surface area contributed by atoms with Crippen LogP contribution in [0.4, 0.5) is 0 Å². The van der Waals surface area contributed by atoms with E-state index in [1.165, 1.54) is 64.2 Å². The molecule has 0 N–H and O–H groups in total. The quantitative estimate of drug-likeness (QED) is 0.0250. The van der Waals surface area contributed by atoms with E-state index in [4.69, 9.17) is 18.9 Å². The first-order valence-corrected chi connectivity index (χ1v) is 30.2. The molecule has 2 atom stereocenters. The van der Waals surface area contributed by atoms with Crippen LogP contribution in [0.2, 0.25) is 0 Å². The predicted molar refractivity (Wildman–Crippen MR) is 296 cm³/mol. The molecule has 12 nitrogen and oxygen atoms in total. The Labute approximate surface area is 441 Å². The lowest BCUT2D eigenvalue weighted by atomic mass is 10.1. The number of rotatable bonds is 47. The summed E-state index contributed by atoms with van der Waals surface area (Å²) >= 11 is 0. The number of hydrogen-bond acceptors (Lipinski definition) is 12. The number of piperazine rings is 2. The van der Waals surface area contributed by atoms with Gasteiger partial charge in [0, 0.05) is 78.0 Å². The molecule has 0 spiro atoms. The molecular formula is C60H110N4O8. The van der Waals surface area contributed by atoms with E-state index in [0.29, 0.717) is 25.7 Å². The van der Waals surface area contributed by atoms with Crippen molar-refractivity contribution in [2.45, 2.75) is 245 Å². The van der Waals surface area contributed by atoms with Crippen LogP contribution >= 0.6 is 0 Å². The van der Waals surface area contributed by atoms with E-state index in [9.17, 15) is 19.2 Å². The molecule has 0 bridgehead atoms. The normalized spacial score (nSPS) is 16.1. The van der Waals surface area contributed by atoms with Crippen LogP contribution in [-0.4, -0.2) is 147 Å². The number of carbonyl (C=O) groups excluding carboxylic acids is 4. The van der Waals surface area contributed by atoms with Crippen molar-refractivity contribution in [3.05, 3.63) is 24.3 Å². The highest BCUT2D eigenvalue weighted by Gasteiger charge is 2.32. The van der Waals surface area contributed by atoms with E-state index in [2.05, 4.69) is 71.6 Å². The van der Waals surface area contributed by atoms with Crippen LogP contribution < -0.4 is 0 Å². The zero-order chi connectivity index (χ0) is 52.0. The van der Waals surface area contributed by atoms with Crippen molar-refractivity contribution < 1.29 is 38.1 Å². The van der Waals surface area contributed by atoms with Crippen molar-refractivity contribution in [1.82, 2.24) is 19.6 Å². The molecule has 0 aromatic heterocycles. The third kappa shape index (κ3) is 37.0. The van der Waals surface area contributed by atoms with Gasteiger partial charge in [0.2, 0.25) is 0 Å². The highest BCUT2D eigenvalue weighted by molar-refractivity contribution is 5.72. The van der Waals surface area contributed by atoms with Crippen LogP contribution in [0.25, 0.3) is 0 Å². The van der Waals surface area contributed by atoms with Crippen LogP contribution in [0.5, 0.6) is 0 Å². The zero-order valence-electron chi connectivity index (χ0n) is 47.0. The van der Waals surface area contributed by atoms with Crippen LogP contribution in [-0.2, 0) is 38.1 Å². The number of unbranched alkanes of at least 4 members (excludes halogenated alkanes) is 22. The van der Waals surface area contributed by atoms with E-state index in [-0.39, 0.29) is 50.8 Å². The van der Waals surface area contributed by atoms with Gasteiger partial charge in [0.1, 0.15) is 13.2 Å². The largest absolute Gasteiger partial charge is 0.462 e. The van der Waals surface area contributed by atoms with Gasteiger partial charge in [-0.3, -0.25) is 19.2 Å². The lowest BCUT2D eigenvalue weighted by Crippen LogP contribution is -2.46. The monoisotopic (exact) mass is 1010 g/mol. The number of likely N-dealkylation sites (N-methyl/N-ethyl adjacent to an activating group) is 2. The minimum atomic E-state index is -1.10. The molecule has 0 unspecified atom stereocenters. The molecule has 72 heavy (non-hydrogen) atoms. The fraction of sp³-hybridized carbons (Fsp3) is 0.867. The molecule has 2 rings (SSSR count). The van der Waals surface area contributed by atoms with Gasteiger partial charge in [-0.1, -0.05) is 142 Å². The molecule has 0 aromatic rings. The van der Waals surface area contributed by atoms with Crippen LogP contribution in [0.1, 0.15) is 233 Å². The van der Waals surface area contributed by atoms with Gasteiger partial charge in [-0.15, -0.1) is 0 Å². The van der Waals surface area contributed by atoms with Crippen molar-refractivity contribution in [2.75, 3.05) is 91.8 Å². The summed E-state index contributed by atoms with van der Waals surface area (Å²) in [5, 5.41) is 0. The maximum Gasteiger partial charge on any atom is 0.306 e. The third-order valence-corrected chi connectivity index (χ3v) is 14.6. The second kappa shape index (κ2) is 46.7. The molecule has 418 valence electrons. The van der Waals surface area contributed by atoms with E-state index < -0.39 is 24.1 Å². The Morgan fingerprint density at radius 3 is 0.958 bits per heavy atom. The molecule has 2 fully saturated rings. The van der Waals surface area contributed by atoms with E-state index in [0.717, 1.165) is 168 Å². The molecule has 0 aliphatic carbocycles.